The Bertz CT molecular complexity index is 1910. The first-order valence-electron chi connectivity index (χ1n) is 17.8. The molecule has 2 aliphatic rings. The first kappa shape index (κ1) is 40.1. The molecular weight excluding hydrogens is 719 g/mol. The predicted molar refractivity (Wildman–Crippen MR) is 191 cm³/mol. The van der Waals surface area contributed by atoms with Gasteiger partial charge in [0.1, 0.15) is 11.6 Å². The molecule has 2 amide bonds. The molecule has 0 aromatic heterocycles. The fourth-order valence-corrected chi connectivity index (χ4v) is 7.75. The summed E-state index contributed by atoms with van der Waals surface area (Å²) in [6.07, 6.45) is -0.778. The van der Waals surface area contributed by atoms with Crippen molar-refractivity contribution in [3.8, 4) is 0 Å². The lowest BCUT2D eigenvalue weighted by Crippen LogP contribution is -2.50. The van der Waals surface area contributed by atoms with Crippen LogP contribution in [0.2, 0.25) is 0 Å². The maximum atomic E-state index is 14.2. The Hall–Kier alpha value is -4.08. The molecule has 3 aromatic carbocycles. The second kappa shape index (κ2) is 16.1. The highest BCUT2D eigenvalue weighted by molar-refractivity contribution is 7.92. The number of hydrogen-bond donors (Lipinski definition) is 4. The number of alkyl halides is 3. The summed E-state index contributed by atoms with van der Waals surface area (Å²) < 4.78 is 95.7. The summed E-state index contributed by atoms with van der Waals surface area (Å²) in [6, 6.07) is 9.17. The predicted octanol–water partition coefficient (Wildman–Crippen LogP) is 6.30. The van der Waals surface area contributed by atoms with Gasteiger partial charge in [-0.25, -0.2) is 17.2 Å². The molecular formula is C38H45F5N4O5S. The zero-order chi connectivity index (χ0) is 38.7. The number of benzene rings is 3. The van der Waals surface area contributed by atoms with E-state index in [1.807, 2.05) is 13.8 Å². The lowest BCUT2D eigenvalue weighted by Gasteiger charge is -2.36. The second-order valence-corrected chi connectivity index (χ2v) is 15.8. The van der Waals surface area contributed by atoms with E-state index in [0.29, 0.717) is 36.6 Å². The number of carbonyl (C=O) groups excluding carboxylic acids is 2. The van der Waals surface area contributed by atoms with Gasteiger partial charge in [0.2, 0.25) is 10.0 Å². The van der Waals surface area contributed by atoms with Gasteiger partial charge >= 0.3 is 6.18 Å². The average molecular weight is 765 g/mol. The molecule has 288 valence electrons. The normalized spacial score (nSPS) is 16.6. The molecule has 53 heavy (non-hydrogen) atoms. The minimum atomic E-state index is -4.55. The van der Waals surface area contributed by atoms with Crippen molar-refractivity contribution in [1.29, 1.82) is 0 Å². The third-order valence-corrected chi connectivity index (χ3v) is 10.5. The Morgan fingerprint density at radius 2 is 1.66 bits per heavy atom. The molecule has 0 saturated heterocycles. The van der Waals surface area contributed by atoms with Gasteiger partial charge in [-0.15, -0.1) is 0 Å². The fraction of sp³-hybridized carbons (Fsp3) is 0.474. The Morgan fingerprint density at radius 3 is 2.25 bits per heavy atom. The number of fused-ring (bicyclic) bond motifs is 1. The number of aliphatic hydroxyl groups is 1. The highest BCUT2D eigenvalue weighted by Crippen LogP contribution is 2.46. The summed E-state index contributed by atoms with van der Waals surface area (Å²) in [5, 5.41) is 17.4. The number of aliphatic hydroxyl groups excluding tert-OH is 1. The molecule has 0 bridgehead atoms. The summed E-state index contributed by atoms with van der Waals surface area (Å²) in [7, 11) is -3.83. The fourth-order valence-electron chi connectivity index (χ4n) is 7.21. The van der Waals surface area contributed by atoms with E-state index in [4.69, 9.17) is 0 Å². The van der Waals surface area contributed by atoms with Crippen LogP contribution in [-0.2, 0) is 34.6 Å². The van der Waals surface area contributed by atoms with E-state index >= 15 is 0 Å². The zero-order valence-electron chi connectivity index (χ0n) is 29.8. The van der Waals surface area contributed by atoms with Crippen molar-refractivity contribution in [3.05, 3.63) is 99.6 Å². The molecule has 0 radical (unpaired) electrons. The Morgan fingerprint density at radius 1 is 1.00 bits per heavy atom. The van der Waals surface area contributed by atoms with Crippen molar-refractivity contribution in [2.75, 3.05) is 24.1 Å². The molecule has 1 aliphatic heterocycles. The monoisotopic (exact) mass is 764 g/mol. The SMILES string of the molecule is CCCC(CCC)N1CCc2c(C(=O)NC(Cc3cc(F)cc(F)c3)C(O)CNC3(c4cccc(C(F)(F)F)c4)CC3)cc(NS(C)(=O)=O)cc2C1=O. The lowest BCUT2D eigenvalue weighted by atomic mass is 9.90. The van der Waals surface area contributed by atoms with E-state index in [2.05, 4.69) is 15.4 Å². The van der Waals surface area contributed by atoms with Gasteiger partial charge in [0.25, 0.3) is 11.8 Å². The summed E-state index contributed by atoms with van der Waals surface area (Å²) in [4.78, 5) is 29.9. The van der Waals surface area contributed by atoms with Gasteiger partial charge in [0.15, 0.2) is 0 Å². The molecule has 1 fully saturated rings. The van der Waals surface area contributed by atoms with Gasteiger partial charge in [0.05, 0.1) is 29.7 Å². The quantitative estimate of drug-likeness (QED) is 0.127. The van der Waals surface area contributed by atoms with E-state index in [9.17, 15) is 45.1 Å². The van der Waals surface area contributed by atoms with Crippen LogP contribution in [-0.4, -0.2) is 67.8 Å². The molecule has 2 unspecified atom stereocenters. The summed E-state index contributed by atoms with van der Waals surface area (Å²) in [5.41, 5.74) is -0.650. The molecule has 4 N–H and O–H groups in total. The van der Waals surface area contributed by atoms with Crippen molar-refractivity contribution in [1.82, 2.24) is 15.5 Å². The Kier molecular flexibility index (Phi) is 12.2. The van der Waals surface area contributed by atoms with Crippen LogP contribution in [0, 0.1) is 11.6 Å². The minimum Gasteiger partial charge on any atom is -0.390 e. The van der Waals surface area contributed by atoms with Crippen molar-refractivity contribution >= 4 is 27.5 Å². The van der Waals surface area contributed by atoms with Gasteiger partial charge in [-0.05, 0) is 91.6 Å². The van der Waals surface area contributed by atoms with Crippen LogP contribution in [0.15, 0.2) is 54.6 Å². The van der Waals surface area contributed by atoms with E-state index in [0.717, 1.165) is 56.2 Å². The number of hydrogen-bond acceptors (Lipinski definition) is 6. The van der Waals surface area contributed by atoms with Gasteiger partial charge in [-0.1, -0.05) is 38.8 Å². The van der Waals surface area contributed by atoms with Gasteiger partial charge in [0, 0.05) is 41.9 Å². The Balaban J connectivity index is 1.46. The number of halogens is 5. The average Bonchev–Trinajstić information content (AvgIpc) is 3.87. The van der Waals surface area contributed by atoms with Crippen molar-refractivity contribution in [2.24, 2.45) is 0 Å². The minimum absolute atomic E-state index is 0.0117. The van der Waals surface area contributed by atoms with Crippen molar-refractivity contribution in [2.45, 2.75) is 95.1 Å². The number of anilines is 1. The van der Waals surface area contributed by atoms with Crippen molar-refractivity contribution in [3.63, 3.8) is 0 Å². The van der Waals surface area contributed by atoms with E-state index in [-0.39, 0.29) is 53.7 Å². The van der Waals surface area contributed by atoms with Crippen LogP contribution >= 0.6 is 0 Å². The summed E-state index contributed by atoms with van der Waals surface area (Å²) >= 11 is 0. The lowest BCUT2D eigenvalue weighted by molar-refractivity contribution is -0.137. The van der Waals surface area contributed by atoms with Gasteiger partial charge < -0.3 is 20.6 Å². The van der Waals surface area contributed by atoms with Crippen LogP contribution in [0.5, 0.6) is 0 Å². The van der Waals surface area contributed by atoms with Gasteiger partial charge in [-0.3, -0.25) is 14.3 Å². The molecule has 1 saturated carbocycles. The van der Waals surface area contributed by atoms with Crippen LogP contribution in [0.1, 0.15) is 95.3 Å². The molecule has 1 heterocycles. The molecule has 2 atom stereocenters. The molecule has 5 rings (SSSR count). The van der Waals surface area contributed by atoms with Gasteiger partial charge in [-0.2, -0.15) is 13.2 Å². The van der Waals surface area contributed by atoms with Crippen LogP contribution < -0.4 is 15.4 Å². The van der Waals surface area contributed by atoms with Crippen LogP contribution in [0.25, 0.3) is 0 Å². The molecule has 1 aliphatic carbocycles. The highest BCUT2D eigenvalue weighted by atomic mass is 32.2. The van der Waals surface area contributed by atoms with E-state index < -0.39 is 57.0 Å². The highest BCUT2D eigenvalue weighted by Gasteiger charge is 2.45. The van der Waals surface area contributed by atoms with E-state index in [1.165, 1.54) is 18.2 Å². The number of amides is 2. The third-order valence-electron chi connectivity index (χ3n) is 9.88. The maximum Gasteiger partial charge on any atom is 0.416 e. The topological polar surface area (TPSA) is 128 Å². The van der Waals surface area contributed by atoms with E-state index in [1.54, 1.807) is 11.0 Å². The second-order valence-electron chi connectivity index (χ2n) is 14.1. The number of nitrogens with zero attached hydrogens (tertiary/aromatic N) is 1. The number of carbonyl (C=O) groups is 2. The Labute approximate surface area is 306 Å². The maximum absolute atomic E-state index is 14.2. The molecule has 3 aromatic rings. The first-order chi connectivity index (χ1) is 24.9. The largest absolute Gasteiger partial charge is 0.416 e. The molecule has 15 heteroatoms. The summed E-state index contributed by atoms with van der Waals surface area (Å²) in [5.74, 6) is -2.86. The smallest absolute Gasteiger partial charge is 0.390 e. The summed E-state index contributed by atoms with van der Waals surface area (Å²) in [6.45, 7) is 4.16. The number of sulfonamides is 1. The standard InChI is InChI=1S/C38H45F5N4O5S/c1-4-7-29(8-5-2)47-14-11-30-31(20-28(46-53(3,51)52)21-32(30)36(47)50)35(49)45-33(17-23-15-26(39)19-27(40)16-23)34(48)22-44-37(12-13-37)24-9-6-10-25(18-24)38(41,42)43/h6,9-10,15-16,18-21,29,33-34,44,46,48H,4-5,7-8,11-14,17,22H2,1-3H3,(H,45,49). The first-order valence-corrected chi connectivity index (χ1v) is 19.6. The van der Waals surface area contributed by atoms with Crippen molar-refractivity contribution < 1.29 is 45.1 Å². The number of nitrogens with one attached hydrogen (secondary N) is 3. The van der Waals surface area contributed by atoms with Crippen LogP contribution in [0.3, 0.4) is 0 Å². The zero-order valence-corrected chi connectivity index (χ0v) is 30.6. The molecule has 0 spiro atoms. The van der Waals surface area contributed by atoms with Crippen LogP contribution in [0.4, 0.5) is 27.6 Å². The molecule has 9 nitrogen and oxygen atoms in total. The third kappa shape index (κ3) is 9.92. The number of rotatable bonds is 16.